The van der Waals surface area contributed by atoms with Crippen LogP contribution in [0.2, 0.25) is 0 Å². The van der Waals surface area contributed by atoms with Gasteiger partial charge < -0.3 is 19.4 Å². The van der Waals surface area contributed by atoms with Gasteiger partial charge in [0.25, 0.3) is 0 Å². The number of anilines is 2. The van der Waals surface area contributed by atoms with E-state index in [1.54, 1.807) is 6.08 Å². The van der Waals surface area contributed by atoms with Crippen LogP contribution in [-0.4, -0.2) is 40.8 Å². The number of esters is 1. The van der Waals surface area contributed by atoms with Gasteiger partial charge in [-0.1, -0.05) is 76.2 Å². The summed E-state index contributed by atoms with van der Waals surface area (Å²) in [6.07, 6.45) is 9.17. The molecule has 6 nitrogen and oxygen atoms in total. The number of carbonyl (C=O) groups is 1. The Labute approximate surface area is 291 Å². The van der Waals surface area contributed by atoms with Crippen LogP contribution in [0.1, 0.15) is 73.9 Å². The Kier molecular flexibility index (Phi) is 9.21. The zero-order valence-electron chi connectivity index (χ0n) is 30.0. The molecule has 1 atom stereocenters. The second-order valence-electron chi connectivity index (χ2n) is 15.1. The third kappa shape index (κ3) is 7.02. The lowest BCUT2D eigenvalue weighted by atomic mass is 9.72. The lowest BCUT2D eigenvalue weighted by Gasteiger charge is -2.30. The molecule has 0 saturated heterocycles. The van der Waals surface area contributed by atoms with Crippen molar-refractivity contribution in [2.24, 2.45) is 0 Å². The quantitative estimate of drug-likeness (QED) is 0.0424. The standard InChI is InChI=1S/C43H48N2O4/c1-41(2)28-43(38-26-34(20-22-36(38)41)48-40(46)24-15-31-13-18-33(19-14-31)45(7)8)29-42(3,4)37-23-21-35(27-39(37)43)49-47-25-9-10-30-11-16-32(17-12-30)44(5)6/h9-24,26-27H,25,28-29H2,1-8H3. The molecule has 6 rings (SSSR count). The Morgan fingerprint density at radius 3 is 1.67 bits per heavy atom. The molecular formula is C43H48N2O4. The van der Waals surface area contributed by atoms with Crippen molar-refractivity contribution in [3.8, 4) is 11.5 Å². The largest absolute Gasteiger partial charge is 0.423 e. The first-order valence-electron chi connectivity index (χ1n) is 17.0. The maximum absolute atomic E-state index is 13.0. The molecule has 1 unspecified atom stereocenters. The van der Waals surface area contributed by atoms with Crippen molar-refractivity contribution in [1.82, 2.24) is 0 Å². The van der Waals surface area contributed by atoms with E-state index in [4.69, 9.17) is 14.5 Å². The number of ether oxygens (including phenoxy) is 1. The number of nitrogens with zero attached hydrogens (tertiary/aromatic N) is 2. The molecule has 0 aliphatic heterocycles. The molecule has 0 saturated carbocycles. The highest BCUT2D eigenvalue weighted by Gasteiger charge is 2.56. The molecule has 2 aliphatic rings. The molecule has 49 heavy (non-hydrogen) atoms. The molecule has 4 aromatic rings. The van der Waals surface area contributed by atoms with Gasteiger partial charge in [0.05, 0.1) is 0 Å². The van der Waals surface area contributed by atoms with Crippen molar-refractivity contribution in [2.75, 3.05) is 44.6 Å². The van der Waals surface area contributed by atoms with Crippen molar-refractivity contribution in [3.05, 3.63) is 130 Å². The van der Waals surface area contributed by atoms with Crippen LogP contribution in [0.25, 0.3) is 12.2 Å². The van der Waals surface area contributed by atoms with Gasteiger partial charge in [-0.25, -0.2) is 4.79 Å². The third-order valence-corrected chi connectivity index (χ3v) is 10.0. The second kappa shape index (κ2) is 13.2. The summed E-state index contributed by atoms with van der Waals surface area (Å²) in [6, 6.07) is 28.9. The summed E-state index contributed by atoms with van der Waals surface area (Å²) in [5, 5.41) is 0. The minimum absolute atomic E-state index is 0.0468. The molecule has 0 heterocycles. The van der Waals surface area contributed by atoms with Crippen molar-refractivity contribution >= 4 is 29.5 Å². The Bertz CT molecular complexity index is 1880. The molecule has 254 valence electrons. The van der Waals surface area contributed by atoms with Crippen LogP contribution in [0.15, 0.2) is 97.1 Å². The molecule has 0 radical (unpaired) electrons. The van der Waals surface area contributed by atoms with Crippen LogP contribution in [0.4, 0.5) is 11.4 Å². The monoisotopic (exact) mass is 656 g/mol. The van der Waals surface area contributed by atoms with E-state index in [0.29, 0.717) is 18.1 Å². The van der Waals surface area contributed by atoms with Crippen molar-refractivity contribution in [3.63, 3.8) is 0 Å². The van der Waals surface area contributed by atoms with E-state index in [9.17, 15) is 4.79 Å². The number of hydrogen-bond acceptors (Lipinski definition) is 6. The molecule has 4 aromatic carbocycles. The smallest absolute Gasteiger partial charge is 0.336 e. The molecule has 0 amide bonds. The molecule has 6 heteroatoms. The first-order valence-corrected chi connectivity index (χ1v) is 17.0. The zero-order valence-corrected chi connectivity index (χ0v) is 30.0. The number of rotatable bonds is 10. The SMILES string of the molecule is CN(C)c1ccc(C=CCOOc2ccc3c(c2)C2(CC3(C)C)CC(C)(C)c3ccc(OC(=O)C=Cc4ccc(N(C)C)cc4)cc32)cc1. The van der Waals surface area contributed by atoms with E-state index in [1.165, 1.54) is 28.3 Å². The van der Waals surface area contributed by atoms with Crippen molar-refractivity contribution in [1.29, 1.82) is 0 Å². The highest BCUT2D eigenvalue weighted by atomic mass is 17.2. The van der Waals surface area contributed by atoms with Crippen LogP contribution in [0.5, 0.6) is 11.5 Å². The number of fused-ring (bicyclic) bond motifs is 4. The van der Waals surface area contributed by atoms with Gasteiger partial charge in [-0.05, 0) is 112 Å². The molecule has 2 aliphatic carbocycles. The Balaban J connectivity index is 1.20. The van der Waals surface area contributed by atoms with Crippen LogP contribution in [-0.2, 0) is 25.9 Å². The third-order valence-electron chi connectivity index (χ3n) is 10.0. The summed E-state index contributed by atoms with van der Waals surface area (Å²) in [6.45, 7) is 9.58. The van der Waals surface area contributed by atoms with Gasteiger partial charge in [-0.2, -0.15) is 4.89 Å². The Morgan fingerprint density at radius 2 is 1.14 bits per heavy atom. The topological polar surface area (TPSA) is 51.2 Å². The fourth-order valence-corrected chi connectivity index (χ4v) is 7.83. The first kappa shape index (κ1) is 34.1. The molecule has 1 spiro atoms. The van der Waals surface area contributed by atoms with Gasteiger partial charge >= 0.3 is 5.97 Å². The summed E-state index contributed by atoms with van der Waals surface area (Å²) in [5.41, 5.74) is 9.04. The highest BCUT2D eigenvalue weighted by Crippen LogP contribution is 2.63. The minimum Gasteiger partial charge on any atom is -0.423 e. The second-order valence-corrected chi connectivity index (χ2v) is 15.1. The predicted molar refractivity (Wildman–Crippen MR) is 201 cm³/mol. The van der Waals surface area contributed by atoms with Crippen LogP contribution < -0.4 is 19.4 Å². The van der Waals surface area contributed by atoms with Crippen molar-refractivity contribution in [2.45, 2.75) is 56.8 Å². The summed E-state index contributed by atoms with van der Waals surface area (Å²) in [5.74, 6) is 0.832. The van der Waals surface area contributed by atoms with Gasteiger partial charge in [-0.15, -0.1) is 0 Å². The average molecular weight is 657 g/mol. The maximum atomic E-state index is 13.0. The summed E-state index contributed by atoms with van der Waals surface area (Å²) in [4.78, 5) is 28.6. The van der Waals surface area contributed by atoms with E-state index < -0.39 is 5.97 Å². The van der Waals surface area contributed by atoms with Gasteiger partial charge in [0.15, 0.2) is 5.75 Å². The van der Waals surface area contributed by atoms with Gasteiger partial charge in [0.1, 0.15) is 12.4 Å². The van der Waals surface area contributed by atoms with Gasteiger partial charge in [0.2, 0.25) is 0 Å². The lowest BCUT2D eigenvalue weighted by Crippen LogP contribution is -2.27. The van der Waals surface area contributed by atoms with Gasteiger partial charge in [-0.3, -0.25) is 0 Å². The maximum Gasteiger partial charge on any atom is 0.336 e. The zero-order chi connectivity index (χ0) is 35.0. The van der Waals surface area contributed by atoms with Crippen molar-refractivity contribution < 1.29 is 19.3 Å². The average Bonchev–Trinajstić information content (AvgIpc) is 3.42. The molecule has 0 N–H and O–H groups in total. The molecule has 0 fully saturated rings. The minimum atomic E-state index is -0.400. The van der Waals surface area contributed by atoms with E-state index in [-0.39, 0.29) is 16.2 Å². The fraction of sp³-hybridized carbons (Fsp3) is 0.326. The van der Waals surface area contributed by atoms with E-state index in [2.05, 4.69) is 81.1 Å². The highest BCUT2D eigenvalue weighted by molar-refractivity contribution is 5.89. The molecular weight excluding hydrogens is 608 g/mol. The lowest BCUT2D eigenvalue weighted by molar-refractivity contribution is -0.195. The Hall–Kier alpha value is -4.81. The van der Waals surface area contributed by atoms with Crippen LogP contribution >= 0.6 is 0 Å². The summed E-state index contributed by atoms with van der Waals surface area (Å²) < 4.78 is 5.89. The van der Waals surface area contributed by atoms with E-state index >= 15 is 0 Å². The number of hydrogen-bond donors (Lipinski definition) is 0. The van der Waals surface area contributed by atoms with Gasteiger partial charge in [0, 0.05) is 51.1 Å². The molecule has 0 bridgehead atoms. The van der Waals surface area contributed by atoms with Crippen LogP contribution in [0, 0.1) is 0 Å². The summed E-state index contributed by atoms with van der Waals surface area (Å²) >= 11 is 0. The number of carbonyl (C=O) groups excluding carboxylic acids is 1. The number of benzene rings is 4. The first-order chi connectivity index (χ1) is 23.3. The molecule has 0 aromatic heterocycles. The van der Waals surface area contributed by atoms with E-state index in [1.807, 2.05) is 81.6 Å². The van der Waals surface area contributed by atoms with E-state index in [0.717, 1.165) is 35.3 Å². The predicted octanol–water partition coefficient (Wildman–Crippen LogP) is 9.11. The normalized spacial score (nSPS) is 18.5. The van der Waals surface area contributed by atoms with Crippen LogP contribution in [0.3, 0.4) is 0 Å². The fourth-order valence-electron chi connectivity index (χ4n) is 7.83. The Morgan fingerprint density at radius 1 is 0.653 bits per heavy atom. The summed E-state index contributed by atoms with van der Waals surface area (Å²) in [7, 11) is 8.07.